The van der Waals surface area contributed by atoms with Crippen LogP contribution in [0, 0.1) is 0 Å². The summed E-state index contributed by atoms with van der Waals surface area (Å²) in [5.74, 6) is -0.213. The molecule has 3 aromatic rings. The first kappa shape index (κ1) is 22.0. The van der Waals surface area contributed by atoms with Gasteiger partial charge in [0, 0.05) is 24.2 Å². The van der Waals surface area contributed by atoms with Crippen LogP contribution < -0.4 is 21.7 Å². The van der Waals surface area contributed by atoms with Crippen LogP contribution in [0.4, 0.5) is 11.6 Å². The average molecular weight is 423 g/mol. The maximum atomic E-state index is 12.3. The predicted molar refractivity (Wildman–Crippen MR) is 117 cm³/mol. The summed E-state index contributed by atoms with van der Waals surface area (Å²) in [6.07, 6.45) is 3.55. The van der Waals surface area contributed by atoms with Crippen molar-refractivity contribution >= 4 is 34.4 Å². The Morgan fingerprint density at radius 1 is 0.968 bits per heavy atom. The first-order chi connectivity index (χ1) is 15.1. The van der Waals surface area contributed by atoms with E-state index in [0.29, 0.717) is 47.5 Å². The number of fused-ring (bicyclic) bond motifs is 1. The number of hydrogen-bond acceptors (Lipinski definition) is 6. The van der Waals surface area contributed by atoms with Crippen molar-refractivity contribution in [3.8, 4) is 0 Å². The van der Waals surface area contributed by atoms with Crippen LogP contribution in [-0.4, -0.2) is 33.5 Å². The van der Waals surface area contributed by atoms with Crippen LogP contribution in [0.2, 0.25) is 0 Å². The molecule has 0 radical (unpaired) electrons. The fourth-order valence-electron chi connectivity index (χ4n) is 3.11. The predicted octanol–water partition coefficient (Wildman–Crippen LogP) is 2.85. The van der Waals surface area contributed by atoms with Gasteiger partial charge in [-0.1, -0.05) is 25.0 Å². The van der Waals surface area contributed by atoms with Crippen molar-refractivity contribution in [3.63, 3.8) is 0 Å². The maximum absolute atomic E-state index is 12.3. The van der Waals surface area contributed by atoms with E-state index in [1.807, 2.05) is 6.07 Å². The molecule has 0 spiro atoms. The molecule has 9 nitrogen and oxygen atoms in total. The molecule has 2 aromatic carbocycles. The normalized spacial score (nSPS) is 10.6. The molecule has 0 fully saturated rings. The molecule has 0 aliphatic carbocycles. The molecular formula is C22H25N5O4. The van der Waals surface area contributed by atoms with Crippen molar-refractivity contribution in [3.05, 3.63) is 64.4 Å². The van der Waals surface area contributed by atoms with Crippen molar-refractivity contribution < 1.29 is 14.8 Å². The first-order valence-electron chi connectivity index (χ1n) is 10.1. The number of hydroxylamine groups is 1. The Balaban J connectivity index is 1.46. The molecule has 162 valence electrons. The molecule has 5 N–H and O–H groups in total. The smallest absolute Gasteiger partial charge is 0.260 e. The number of carbonyl (C=O) groups is 2. The summed E-state index contributed by atoms with van der Waals surface area (Å²) in [6.45, 7) is 0.549. The number of carbonyl (C=O) groups excluding carboxylic acids is 2. The van der Waals surface area contributed by atoms with Gasteiger partial charge in [-0.2, -0.15) is 0 Å². The third-order valence-corrected chi connectivity index (χ3v) is 4.76. The van der Waals surface area contributed by atoms with Crippen molar-refractivity contribution in [2.45, 2.75) is 32.1 Å². The van der Waals surface area contributed by atoms with E-state index in [1.165, 1.54) is 0 Å². The van der Waals surface area contributed by atoms with Gasteiger partial charge in [-0.15, -0.1) is 0 Å². The summed E-state index contributed by atoms with van der Waals surface area (Å²) >= 11 is 0. The van der Waals surface area contributed by atoms with Crippen molar-refractivity contribution in [1.29, 1.82) is 0 Å². The van der Waals surface area contributed by atoms with Crippen LogP contribution >= 0.6 is 0 Å². The van der Waals surface area contributed by atoms with E-state index < -0.39 is 0 Å². The Kier molecular flexibility index (Phi) is 7.72. The van der Waals surface area contributed by atoms with Crippen LogP contribution in [0.25, 0.3) is 10.9 Å². The number of nitrogens with zero attached hydrogens (tertiary/aromatic N) is 1. The van der Waals surface area contributed by atoms with Crippen molar-refractivity contribution in [2.24, 2.45) is 0 Å². The number of amides is 2. The van der Waals surface area contributed by atoms with Gasteiger partial charge in [-0.3, -0.25) is 24.6 Å². The maximum Gasteiger partial charge on any atom is 0.260 e. The van der Waals surface area contributed by atoms with E-state index in [4.69, 9.17) is 5.21 Å². The number of aromatic nitrogens is 2. The van der Waals surface area contributed by atoms with Gasteiger partial charge in [0.1, 0.15) is 0 Å². The molecule has 0 unspecified atom stereocenters. The number of benzene rings is 2. The largest absolute Gasteiger partial charge is 0.352 e. The molecule has 9 heteroatoms. The Morgan fingerprint density at radius 3 is 2.48 bits per heavy atom. The molecule has 1 aromatic heterocycles. The molecule has 31 heavy (non-hydrogen) atoms. The van der Waals surface area contributed by atoms with Gasteiger partial charge in [-0.05, 0) is 49.2 Å². The number of nitrogens with one attached hydrogen (secondary N) is 4. The van der Waals surface area contributed by atoms with Gasteiger partial charge in [0.25, 0.3) is 11.5 Å². The van der Waals surface area contributed by atoms with Gasteiger partial charge in [0.05, 0.1) is 10.9 Å². The lowest BCUT2D eigenvalue weighted by molar-refractivity contribution is -0.129. The number of unbranched alkanes of at least 4 members (excludes halogenated alkanes) is 3. The quantitative estimate of drug-likeness (QED) is 0.193. The van der Waals surface area contributed by atoms with Gasteiger partial charge in [0.2, 0.25) is 11.9 Å². The number of rotatable bonds is 10. The van der Waals surface area contributed by atoms with Gasteiger partial charge in [0.15, 0.2) is 0 Å². The summed E-state index contributed by atoms with van der Waals surface area (Å²) in [5.41, 5.74) is 3.21. The topological polar surface area (TPSA) is 136 Å². The van der Waals surface area contributed by atoms with E-state index in [1.54, 1.807) is 47.9 Å². The van der Waals surface area contributed by atoms with Crippen LogP contribution in [0.5, 0.6) is 0 Å². The molecule has 1 heterocycles. The number of aromatic amines is 1. The van der Waals surface area contributed by atoms with Crippen LogP contribution in [0.3, 0.4) is 0 Å². The highest BCUT2D eigenvalue weighted by atomic mass is 16.5. The summed E-state index contributed by atoms with van der Waals surface area (Å²) in [6, 6.07) is 14.0. The highest BCUT2D eigenvalue weighted by Crippen LogP contribution is 2.15. The number of hydrogen-bond donors (Lipinski definition) is 5. The minimum Gasteiger partial charge on any atom is -0.352 e. The van der Waals surface area contributed by atoms with Gasteiger partial charge in [-0.25, -0.2) is 10.5 Å². The summed E-state index contributed by atoms with van der Waals surface area (Å²) in [4.78, 5) is 42.4. The zero-order valence-corrected chi connectivity index (χ0v) is 17.0. The summed E-state index contributed by atoms with van der Waals surface area (Å²) < 4.78 is 0. The zero-order valence-electron chi connectivity index (χ0n) is 17.0. The molecule has 0 saturated carbocycles. The third kappa shape index (κ3) is 6.38. The molecule has 0 aliphatic rings. The summed E-state index contributed by atoms with van der Waals surface area (Å²) in [7, 11) is 0. The van der Waals surface area contributed by atoms with Crippen LogP contribution in [-0.2, 0) is 4.79 Å². The second-order valence-corrected chi connectivity index (χ2v) is 7.09. The Morgan fingerprint density at radius 2 is 1.71 bits per heavy atom. The van der Waals surface area contributed by atoms with E-state index in [9.17, 15) is 14.4 Å². The van der Waals surface area contributed by atoms with E-state index in [-0.39, 0.29) is 17.4 Å². The fraction of sp³-hybridized carbons (Fsp3) is 0.273. The minimum absolute atomic E-state index is 0.163. The molecule has 0 aliphatic heterocycles. The van der Waals surface area contributed by atoms with Gasteiger partial charge < -0.3 is 10.6 Å². The molecule has 0 bridgehead atoms. The van der Waals surface area contributed by atoms with Gasteiger partial charge >= 0.3 is 0 Å². The minimum atomic E-state index is -0.381. The fourth-order valence-corrected chi connectivity index (χ4v) is 3.11. The lowest BCUT2D eigenvalue weighted by atomic mass is 10.1. The number of H-pyrrole nitrogens is 1. The SMILES string of the molecule is O=C(CCCCCCNC(=O)c1ccc(Nc2nc3ccccc3c(=O)[nH]2)cc1)NO. The standard InChI is InChI=1S/C22H25N5O4/c28-19(27-31)9-3-1-2-6-14-23-20(29)15-10-12-16(13-11-15)24-22-25-18-8-5-4-7-17(18)21(30)26-22/h4-5,7-8,10-13,31H,1-3,6,9,14H2,(H,23,29)(H,27,28)(H2,24,25,26,30). The Bertz CT molecular complexity index is 1100. The third-order valence-electron chi connectivity index (χ3n) is 4.76. The van der Waals surface area contributed by atoms with E-state index in [2.05, 4.69) is 20.6 Å². The molecule has 0 saturated heterocycles. The number of anilines is 2. The Hall–Kier alpha value is -3.72. The average Bonchev–Trinajstić information content (AvgIpc) is 2.78. The molecule has 2 amide bonds. The number of para-hydroxylation sites is 1. The van der Waals surface area contributed by atoms with Crippen molar-refractivity contribution in [1.82, 2.24) is 20.8 Å². The highest BCUT2D eigenvalue weighted by Gasteiger charge is 2.07. The van der Waals surface area contributed by atoms with Crippen molar-refractivity contribution in [2.75, 3.05) is 11.9 Å². The highest BCUT2D eigenvalue weighted by molar-refractivity contribution is 5.94. The van der Waals surface area contributed by atoms with Crippen LogP contribution in [0.1, 0.15) is 42.5 Å². The molecule has 3 rings (SSSR count). The Labute approximate surface area is 178 Å². The molecule has 0 atom stereocenters. The monoisotopic (exact) mass is 423 g/mol. The molecular weight excluding hydrogens is 398 g/mol. The van der Waals surface area contributed by atoms with E-state index >= 15 is 0 Å². The first-order valence-corrected chi connectivity index (χ1v) is 10.1. The second kappa shape index (κ2) is 10.9. The lowest BCUT2D eigenvalue weighted by Gasteiger charge is -2.08. The zero-order chi connectivity index (χ0) is 22.1. The summed E-state index contributed by atoms with van der Waals surface area (Å²) in [5, 5.41) is 14.9. The second-order valence-electron chi connectivity index (χ2n) is 7.09. The van der Waals surface area contributed by atoms with E-state index in [0.717, 1.165) is 19.3 Å². The van der Waals surface area contributed by atoms with Crippen LogP contribution in [0.15, 0.2) is 53.3 Å². The lowest BCUT2D eigenvalue weighted by Crippen LogP contribution is -2.24.